The fourth-order valence-electron chi connectivity index (χ4n) is 2.70. The van der Waals surface area contributed by atoms with Crippen LogP contribution in [0.3, 0.4) is 0 Å². The van der Waals surface area contributed by atoms with Gasteiger partial charge in [-0.3, -0.25) is 9.59 Å². The number of nitrogens with zero attached hydrogens (tertiary/aromatic N) is 1. The van der Waals surface area contributed by atoms with Gasteiger partial charge in [0, 0.05) is 19.2 Å². The Morgan fingerprint density at radius 3 is 2.28 bits per heavy atom. The van der Waals surface area contributed by atoms with E-state index in [1.165, 1.54) is 4.90 Å². The molecule has 1 aromatic carbocycles. The van der Waals surface area contributed by atoms with Crippen molar-refractivity contribution in [1.82, 2.24) is 10.2 Å². The standard InChI is InChI=1S/C22H36N2O5/c1-15(2)20(23-21(26)18-9-7-17(5)8-10-18)22(27)24(6)13-19(25)14-28-11-12-29-16(3)4/h7-10,15-16,19-20,25H,11-14H2,1-6H3,(H,23,26). The monoisotopic (exact) mass is 408 g/mol. The number of aryl methyl sites for hydroxylation is 1. The number of ether oxygens (including phenoxy) is 2. The van der Waals surface area contributed by atoms with Crippen LogP contribution in [-0.2, 0) is 14.3 Å². The molecule has 0 spiro atoms. The zero-order valence-electron chi connectivity index (χ0n) is 18.5. The predicted octanol–water partition coefficient (Wildman–Crippen LogP) is 2.01. The molecular weight excluding hydrogens is 372 g/mol. The van der Waals surface area contributed by atoms with Gasteiger partial charge < -0.3 is 24.8 Å². The quantitative estimate of drug-likeness (QED) is 0.517. The van der Waals surface area contributed by atoms with E-state index in [0.717, 1.165) is 5.56 Å². The van der Waals surface area contributed by atoms with Crippen LogP contribution in [0.1, 0.15) is 43.6 Å². The Morgan fingerprint density at radius 2 is 1.72 bits per heavy atom. The van der Waals surface area contributed by atoms with Gasteiger partial charge in [-0.1, -0.05) is 31.5 Å². The highest BCUT2D eigenvalue weighted by Gasteiger charge is 2.28. The van der Waals surface area contributed by atoms with E-state index < -0.39 is 12.1 Å². The van der Waals surface area contributed by atoms with Crippen molar-refractivity contribution in [2.45, 2.75) is 52.9 Å². The topological polar surface area (TPSA) is 88.1 Å². The van der Waals surface area contributed by atoms with Crippen LogP contribution in [0, 0.1) is 12.8 Å². The lowest BCUT2D eigenvalue weighted by Gasteiger charge is -2.28. The van der Waals surface area contributed by atoms with Crippen molar-refractivity contribution in [3.63, 3.8) is 0 Å². The summed E-state index contributed by atoms with van der Waals surface area (Å²) in [6, 6.07) is 6.51. The summed E-state index contributed by atoms with van der Waals surface area (Å²) in [4.78, 5) is 26.8. The molecular formula is C22H36N2O5. The number of benzene rings is 1. The fraction of sp³-hybridized carbons (Fsp3) is 0.636. The van der Waals surface area contributed by atoms with E-state index in [4.69, 9.17) is 9.47 Å². The molecule has 1 aromatic rings. The maximum atomic E-state index is 12.8. The van der Waals surface area contributed by atoms with Crippen LogP contribution in [0.4, 0.5) is 0 Å². The minimum atomic E-state index is -0.816. The zero-order chi connectivity index (χ0) is 22.0. The Hall–Kier alpha value is -1.96. The molecule has 0 aliphatic rings. The molecule has 7 heteroatoms. The molecule has 0 aliphatic heterocycles. The van der Waals surface area contributed by atoms with Gasteiger partial charge in [-0.15, -0.1) is 0 Å². The number of hydrogen-bond donors (Lipinski definition) is 2. The average Bonchev–Trinajstić information content (AvgIpc) is 2.65. The minimum absolute atomic E-state index is 0.0964. The van der Waals surface area contributed by atoms with Gasteiger partial charge in [0.15, 0.2) is 0 Å². The van der Waals surface area contributed by atoms with Gasteiger partial charge in [0.25, 0.3) is 5.91 Å². The second-order valence-corrected chi connectivity index (χ2v) is 7.93. The Labute approximate surface area is 174 Å². The summed E-state index contributed by atoms with van der Waals surface area (Å²) >= 11 is 0. The van der Waals surface area contributed by atoms with Crippen LogP contribution in [-0.4, -0.2) is 73.5 Å². The maximum Gasteiger partial charge on any atom is 0.251 e. The normalized spacial score (nSPS) is 13.4. The molecule has 2 N–H and O–H groups in total. The van der Waals surface area contributed by atoms with Gasteiger partial charge in [0.05, 0.1) is 32.0 Å². The highest BCUT2D eigenvalue weighted by Crippen LogP contribution is 2.09. The molecule has 0 aliphatic carbocycles. The second-order valence-electron chi connectivity index (χ2n) is 7.93. The Kier molecular flexibility index (Phi) is 10.9. The van der Waals surface area contributed by atoms with Crippen LogP contribution >= 0.6 is 0 Å². The third-order valence-electron chi connectivity index (χ3n) is 4.38. The van der Waals surface area contributed by atoms with E-state index in [9.17, 15) is 14.7 Å². The number of carbonyl (C=O) groups is 2. The van der Waals surface area contributed by atoms with Crippen molar-refractivity contribution in [3.05, 3.63) is 35.4 Å². The largest absolute Gasteiger partial charge is 0.389 e. The maximum absolute atomic E-state index is 12.8. The summed E-state index contributed by atoms with van der Waals surface area (Å²) in [6.45, 7) is 10.7. The SMILES string of the molecule is Cc1ccc(C(=O)NC(C(=O)N(C)CC(O)COCCOC(C)C)C(C)C)cc1. The first-order valence-corrected chi connectivity index (χ1v) is 10.1. The molecule has 2 unspecified atom stereocenters. The first kappa shape index (κ1) is 25.1. The molecule has 0 aromatic heterocycles. The molecule has 2 amide bonds. The molecule has 0 fully saturated rings. The van der Waals surface area contributed by atoms with Crippen molar-refractivity contribution in [2.24, 2.45) is 5.92 Å². The van der Waals surface area contributed by atoms with Gasteiger partial charge in [0.1, 0.15) is 6.04 Å². The number of amides is 2. The summed E-state index contributed by atoms with van der Waals surface area (Å²) in [7, 11) is 1.61. The molecule has 29 heavy (non-hydrogen) atoms. The molecule has 164 valence electrons. The Balaban J connectivity index is 2.54. The minimum Gasteiger partial charge on any atom is -0.389 e. The van der Waals surface area contributed by atoms with Gasteiger partial charge in [0.2, 0.25) is 5.91 Å². The van der Waals surface area contributed by atoms with Gasteiger partial charge in [-0.05, 0) is 38.8 Å². The first-order chi connectivity index (χ1) is 13.6. The lowest BCUT2D eigenvalue weighted by molar-refractivity contribution is -0.134. The first-order valence-electron chi connectivity index (χ1n) is 10.1. The smallest absolute Gasteiger partial charge is 0.251 e. The van der Waals surface area contributed by atoms with E-state index in [1.807, 2.05) is 46.8 Å². The number of aliphatic hydroxyl groups excluding tert-OH is 1. The van der Waals surface area contributed by atoms with Gasteiger partial charge in [-0.25, -0.2) is 0 Å². The molecule has 0 heterocycles. The number of nitrogens with one attached hydrogen (secondary N) is 1. The number of rotatable bonds is 12. The Bertz CT molecular complexity index is 631. The highest BCUT2D eigenvalue weighted by atomic mass is 16.5. The van der Waals surface area contributed by atoms with Crippen LogP contribution in [0.25, 0.3) is 0 Å². The molecule has 0 saturated carbocycles. The van der Waals surface area contributed by atoms with Crippen LogP contribution < -0.4 is 5.32 Å². The van der Waals surface area contributed by atoms with E-state index in [1.54, 1.807) is 19.2 Å². The average molecular weight is 409 g/mol. The molecule has 0 radical (unpaired) electrons. The summed E-state index contributed by atoms with van der Waals surface area (Å²) in [5.74, 6) is -0.636. The number of hydrogen-bond acceptors (Lipinski definition) is 5. The van der Waals surface area contributed by atoms with Crippen LogP contribution in [0.5, 0.6) is 0 Å². The summed E-state index contributed by atoms with van der Waals surface area (Å²) < 4.78 is 10.8. The Morgan fingerprint density at radius 1 is 1.10 bits per heavy atom. The van der Waals surface area contributed by atoms with Gasteiger partial charge in [-0.2, -0.15) is 0 Å². The van der Waals surface area contributed by atoms with Crippen molar-refractivity contribution < 1.29 is 24.2 Å². The van der Waals surface area contributed by atoms with Crippen molar-refractivity contribution in [1.29, 1.82) is 0 Å². The van der Waals surface area contributed by atoms with E-state index >= 15 is 0 Å². The summed E-state index contributed by atoms with van der Waals surface area (Å²) in [6.07, 6.45) is -0.682. The van der Waals surface area contributed by atoms with Crippen molar-refractivity contribution in [3.8, 4) is 0 Å². The van der Waals surface area contributed by atoms with Crippen LogP contribution in [0.2, 0.25) is 0 Å². The fourth-order valence-corrected chi connectivity index (χ4v) is 2.70. The van der Waals surface area contributed by atoms with E-state index in [0.29, 0.717) is 18.8 Å². The van der Waals surface area contributed by atoms with E-state index in [-0.39, 0.29) is 37.0 Å². The lowest BCUT2D eigenvalue weighted by atomic mass is 10.0. The highest BCUT2D eigenvalue weighted by molar-refractivity contribution is 5.97. The van der Waals surface area contributed by atoms with Gasteiger partial charge >= 0.3 is 0 Å². The molecule has 0 bridgehead atoms. The number of likely N-dealkylation sites (N-methyl/N-ethyl adjacent to an activating group) is 1. The summed E-state index contributed by atoms with van der Waals surface area (Å²) in [5.41, 5.74) is 1.57. The summed E-state index contributed by atoms with van der Waals surface area (Å²) in [5, 5.41) is 13.0. The lowest BCUT2D eigenvalue weighted by Crippen LogP contribution is -2.51. The second kappa shape index (κ2) is 12.6. The van der Waals surface area contributed by atoms with Crippen LogP contribution in [0.15, 0.2) is 24.3 Å². The zero-order valence-corrected chi connectivity index (χ0v) is 18.5. The number of carbonyl (C=O) groups excluding carboxylic acids is 2. The third kappa shape index (κ3) is 9.39. The molecule has 0 saturated heterocycles. The predicted molar refractivity (Wildman–Crippen MR) is 113 cm³/mol. The van der Waals surface area contributed by atoms with Crippen molar-refractivity contribution in [2.75, 3.05) is 33.4 Å². The molecule has 2 atom stereocenters. The molecule has 1 rings (SSSR count). The molecule has 7 nitrogen and oxygen atoms in total. The van der Waals surface area contributed by atoms with E-state index in [2.05, 4.69) is 5.32 Å². The third-order valence-corrected chi connectivity index (χ3v) is 4.38. The number of aliphatic hydroxyl groups is 1. The van der Waals surface area contributed by atoms with Crippen molar-refractivity contribution >= 4 is 11.8 Å².